The summed E-state index contributed by atoms with van der Waals surface area (Å²) < 4.78 is 0. The molecule has 13 nitrogen and oxygen atoms in total. The number of hydrogen-bond acceptors (Lipinski definition) is 13. The first-order chi connectivity index (χ1) is 28.5. The molecule has 13 unspecified atom stereocenters. The molecule has 0 aliphatic heterocycles. The van der Waals surface area contributed by atoms with Crippen LogP contribution in [0.5, 0.6) is 0 Å². The van der Waals surface area contributed by atoms with Crippen LogP contribution in [-0.4, -0.2) is 103 Å². The lowest BCUT2D eigenvalue weighted by Crippen LogP contribution is -2.40. The summed E-state index contributed by atoms with van der Waals surface area (Å²) >= 11 is 0. The van der Waals surface area contributed by atoms with Crippen LogP contribution in [0.3, 0.4) is 0 Å². The lowest BCUT2D eigenvalue weighted by Gasteiger charge is -2.31. The van der Waals surface area contributed by atoms with Crippen molar-refractivity contribution in [3.8, 4) is 0 Å². The molecule has 0 radical (unpaired) electrons. The number of nitrogens with two attached hydrogens (primary N) is 10. The van der Waals surface area contributed by atoms with Crippen molar-refractivity contribution in [3.63, 3.8) is 0 Å². The number of halogens is 1. The summed E-state index contributed by atoms with van der Waals surface area (Å²) in [7, 11) is 0. The van der Waals surface area contributed by atoms with Crippen molar-refractivity contribution in [2.24, 2.45) is 128 Å². The zero-order chi connectivity index (χ0) is 44.4. The lowest BCUT2D eigenvalue weighted by atomic mass is 9.78. The Hall–Kier alpha value is -0.230. The van der Waals surface area contributed by atoms with Crippen LogP contribution >= 0.6 is 12.4 Å². The predicted octanol–water partition coefficient (Wildman–Crippen LogP) is 2.86. The van der Waals surface area contributed by atoms with Gasteiger partial charge in [-0.15, -0.1) is 12.4 Å². The Morgan fingerprint density at radius 2 is 0.533 bits per heavy atom. The number of aliphatic hydroxyl groups is 1. The SMILES string of the molecule is CCCC(CN)CC(CN)CC(CN)CC(CN)CC(CNCC(O)CNCC(CC(CN)CC(CC)CN)CC(CN)CC(CN)CC(CC)CN)CC(CC)CN.Cl. The van der Waals surface area contributed by atoms with Gasteiger partial charge in [-0.05, 0) is 220 Å². The van der Waals surface area contributed by atoms with E-state index in [0.717, 1.165) is 109 Å². The monoisotopic (exact) mass is 879 g/mol. The van der Waals surface area contributed by atoms with Crippen LogP contribution in [0.15, 0.2) is 0 Å². The predicted molar refractivity (Wildman–Crippen MR) is 263 cm³/mol. The second-order valence-corrected chi connectivity index (χ2v) is 19.1. The molecule has 0 fully saturated rings. The Labute approximate surface area is 377 Å². The number of nitrogens with one attached hydrogen (secondary N) is 2. The Balaban J connectivity index is 0. The first kappa shape index (κ1) is 61.9. The van der Waals surface area contributed by atoms with Gasteiger partial charge in [0.1, 0.15) is 0 Å². The van der Waals surface area contributed by atoms with Crippen LogP contribution in [0.2, 0.25) is 0 Å². The number of rotatable bonds is 43. The van der Waals surface area contributed by atoms with Crippen molar-refractivity contribution < 1.29 is 5.11 Å². The van der Waals surface area contributed by atoms with Crippen molar-refractivity contribution in [2.75, 3.05) is 91.6 Å². The maximum Gasteiger partial charge on any atom is 0.0788 e. The Bertz CT molecular complexity index is 903. The summed E-state index contributed by atoms with van der Waals surface area (Å²) in [5, 5.41) is 18.5. The summed E-state index contributed by atoms with van der Waals surface area (Å²) in [5.74, 6) is 5.15. The molecular weight excluding hydrogens is 772 g/mol. The first-order valence-electron chi connectivity index (χ1n) is 24.6. The highest BCUT2D eigenvalue weighted by molar-refractivity contribution is 5.85. The topological polar surface area (TPSA) is 304 Å². The van der Waals surface area contributed by atoms with Gasteiger partial charge < -0.3 is 73.1 Å². The maximum atomic E-state index is 11.2. The zero-order valence-corrected chi connectivity index (χ0v) is 40.5. The molecule has 0 aliphatic carbocycles. The van der Waals surface area contributed by atoms with Crippen LogP contribution in [-0.2, 0) is 0 Å². The van der Waals surface area contributed by atoms with E-state index in [1.54, 1.807) is 0 Å². The second-order valence-electron chi connectivity index (χ2n) is 19.1. The normalized spacial score (nSPS) is 18.6. The summed E-state index contributed by atoms with van der Waals surface area (Å²) in [5.41, 5.74) is 62.7. The van der Waals surface area contributed by atoms with Crippen LogP contribution in [0.1, 0.15) is 124 Å². The molecule has 0 saturated carbocycles. The van der Waals surface area contributed by atoms with E-state index >= 15 is 0 Å². The van der Waals surface area contributed by atoms with Crippen LogP contribution in [0, 0.1) is 71.0 Å². The fraction of sp³-hybridized carbons (Fsp3) is 1.00. The third-order valence-electron chi connectivity index (χ3n) is 14.1. The average molecular weight is 880 g/mol. The molecule has 0 bridgehead atoms. The lowest BCUT2D eigenvalue weighted by molar-refractivity contribution is 0.158. The first-order valence-corrected chi connectivity index (χ1v) is 24.6. The van der Waals surface area contributed by atoms with E-state index in [9.17, 15) is 5.11 Å². The number of aliphatic hydroxyl groups excluding tert-OH is 1. The minimum Gasteiger partial charge on any atom is -0.390 e. The van der Waals surface area contributed by atoms with Gasteiger partial charge >= 0.3 is 0 Å². The minimum absolute atomic E-state index is 0. The highest BCUT2D eigenvalue weighted by Crippen LogP contribution is 2.31. The quantitative estimate of drug-likeness (QED) is 0.0420. The Morgan fingerprint density at radius 3 is 0.767 bits per heavy atom. The molecule has 0 rings (SSSR count). The maximum absolute atomic E-state index is 11.2. The molecule has 23 N–H and O–H groups in total. The molecule has 0 aromatic carbocycles. The molecule has 14 heteroatoms. The third-order valence-corrected chi connectivity index (χ3v) is 14.1. The van der Waals surface area contributed by atoms with E-state index in [2.05, 4.69) is 38.3 Å². The van der Waals surface area contributed by atoms with E-state index in [-0.39, 0.29) is 12.4 Å². The summed E-state index contributed by atoms with van der Waals surface area (Å²) in [6.07, 6.45) is 15.3. The molecule has 0 aliphatic rings. The van der Waals surface area contributed by atoms with E-state index in [4.69, 9.17) is 57.3 Å². The molecule has 364 valence electrons. The van der Waals surface area contributed by atoms with E-state index in [0.29, 0.717) is 150 Å². The summed E-state index contributed by atoms with van der Waals surface area (Å²) in [4.78, 5) is 0. The molecule has 60 heavy (non-hydrogen) atoms. The van der Waals surface area contributed by atoms with Gasteiger partial charge in [0.05, 0.1) is 6.10 Å². The average Bonchev–Trinajstić information content (AvgIpc) is 3.25. The van der Waals surface area contributed by atoms with Crippen molar-refractivity contribution in [1.29, 1.82) is 0 Å². The number of hydrogen-bond donors (Lipinski definition) is 13. The van der Waals surface area contributed by atoms with E-state index in [1.165, 1.54) is 0 Å². The van der Waals surface area contributed by atoms with Gasteiger partial charge in [-0.25, -0.2) is 0 Å². The van der Waals surface area contributed by atoms with Crippen LogP contribution in [0.4, 0.5) is 0 Å². The van der Waals surface area contributed by atoms with Crippen LogP contribution < -0.4 is 68.0 Å². The van der Waals surface area contributed by atoms with Gasteiger partial charge in [-0.2, -0.15) is 0 Å². The van der Waals surface area contributed by atoms with Gasteiger partial charge in [0, 0.05) is 13.1 Å². The highest BCUT2D eigenvalue weighted by Gasteiger charge is 2.26. The van der Waals surface area contributed by atoms with E-state index < -0.39 is 6.10 Å². The third kappa shape index (κ3) is 28.5. The molecule has 0 amide bonds. The Kier molecular flexibility index (Phi) is 41.5. The molecule has 13 atom stereocenters. The largest absolute Gasteiger partial charge is 0.390 e. The van der Waals surface area contributed by atoms with Crippen molar-refractivity contribution in [2.45, 2.75) is 130 Å². The van der Waals surface area contributed by atoms with Gasteiger partial charge in [0.2, 0.25) is 0 Å². The summed E-state index contributed by atoms with van der Waals surface area (Å²) in [6, 6.07) is 0. The molecular formula is C46H107ClN12O. The van der Waals surface area contributed by atoms with Crippen molar-refractivity contribution in [1.82, 2.24) is 10.6 Å². The van der Waals surface area contributed by atoms with Gasteiger partial charge in [0.25, 0.3) is 0 Å². The van der Waals surface area contributed by atoms with Gasteiger partial charge in [0.15, 0.2) is 0 Å². The van der Waals surface area contributed by atoms with Crippen LogP contribution in [0.25, 0.3) is 0 Å². The molecule has 0 heterocycles. The standard InChI is InChI=1S/C46H106N12O.ClH/c1-5-9-37(23-50)13-40(26-53)15-41(27-54)16-43(29-56)18-44(12-36(8-4)22-49)30-57-32-46(59)33-58-31-45(17-39(25-52)11-35(7-3)21-48)19-42(28-55)14-38(24-51)10-34(6-2)20-47;/h34-46,57-59H,5-33,47-56H2,1-4H3;1H. The summed E-state index contributed by atoms with van der Waals surface area (Å²) in [6.45, 7) is 18.2. The molecule has 0 aromatic rings. The Morgan fingerprint density at radius 1 is 0.317 bits per heavy atom. The highest BCUT2D eigenvalue weighted by atomic mass is 35.5. The molecule has 0 saturated heterocycles. The molecule has 0 aromatic heterocycles. The van der Waals surface area contributed by atoms with Crippen molar-refractivity contribution in [3.05, 3.63) is 0 Å². The van der Waals surface area contributed by atoms with E-state index in [1.807, 2.05) is 0 Å². The van der Waals surface area contributed by atoms with Gasteiger partial charge in [-0.1, -0.05) is 53.4 Å². The van der Waals surface area contributed by atoms with Gasteiger partial charge in [-0.3, -0.25) is 0 Å². The zero-order valence-electron chi connectivity index (χ0n) is 39.6. The minimum atomic E-state index is -0.515. The fourth-order valence-corrected chi connectivity index (χ4v) is 9.98. The van der Waals surface area contributed by atoms with Crippen molar-refractivity contribution >= 4 is 12.4 Å². The molecule has 0 spiro atoms. The smallest absolute Gasteiger partial charge is 0.0788 e. The fourth-order valence-electron chi connectivity index (χ4n) is 9.98. The second kappa shape index (κ2) is 40.3.